The largest absolute Gasteiger partial charge is 0.399 e. The summed E-state index contributed by atoms with van der Waals surface area (Å²) >= 11 is 14.0. The number of hydrogen-bond acceptors (Lipinski definition) is 3. The molecule has 1 amide bonds. The fourth-order valence-corrected chi connectivity index (χ4v) is 3.40. The highest BCUT2D eigenvalue weighted by molar-refractivity contribution is 7.99. The Morgan fingerprint density at radius 1 is 1.38 bits per heavy atom. The van der Waals surface area contributed by atoms with Gasteiger partial charge in [0.1, 0.15) is 0 Å². The van der Waals surface area contributed by atoms with Crippen molar-refractivity contribution in [3.05, 3.63) is 22.2 Å². The third-order valence-corrected chi connectivity index (χ3v) is 5.10. The highest BCUT2D eigenvalue weighted by atomic mass is 35.5. The third kappa shape index (κ3) is 6.81. The van der Waals surface area contributed by atoms with E-state index in [1.54, 1.807) is 12.1 Å². The standard InChI is InChI=1S/C15H22Cl2N2OS/c1-3-10(2)9-21-6-4-5-14(20)19-15-12(16)7-11(18)8-13(15)17/h7-8,10H,3-6,9,18H2,1-2H3,(H,19,20). The number of thioether (sulfide) groups is 1. The van der Waals surface area contributed by atoms with Crippen molar-refractivity contribution < 1.29 is 4.79 Å². The topological polar surface area (TPSA) is 55.1 Å². The number of carbonyl (C=O) groups excluding carboxylic acids is 1. The average Bonchev–Trinajstić information content (AvgIpc) is 2.42. The van der Waals surface area contributed by atoms with Gasteiger partial charge in [0.2, 0.25) is 5.91 Å². The maximum absolute atomic E-state index is 11.9. The van der Waals surface area contributed by atoms with Crippen LogP contribution in [0.2, 0.25) is 10.0 Å². The number of carbonyl (C=O) groups is 1. The second-order valence-electron chi connectivity index (χ2n) is 5.10. The molecule has 0 aliphatic carbocycles. The van der Waals surface area contributed by atoms with Gasteiger partial charge in [0, 0.05) is 12.1 Å². The number of nitrogen functional groups attached to an aromatic ring is 1. The van der Waals surface area contributed by atoms with Crippen molar-refractivity contribution in [2.75, 3.05) is 22.6 Å². The molecular weight excluding hydrogens is 327 g/mol. The highest BCUT2D eigenvalue weighted by Gasteiger charge is 2.11. The summed E-state index contributed by atoms with van der Waals surface area (Å²) in [5.41, 5.74) is 6.54. The van der Waals surface area contributed by atoms with E-state index in [0.29, 0.717) is 27.8 Å². The summed E-state index contributed by atoms with van der Waals surface area (Å²) < 4.78 is 0. The molecule has 3 nitrogen and oxygen atoms in total. The quantitative estimate of drug-likeness (QED) is 0.509. The Bertz CT molecular complexity index is 460. The number of amides is 1. The Morgan fingerprint density at radius 2 is 2.00 bits per heavy atom. The molecule has 0 spiro atoms. The van der Waals surface area contributed by atoms with Crippen LogP contribution in [0.1, 0.15) is 33.1 Å². The predicted molar refractivity (Wildman–Crippen MR) is 95.5 cm³/mol. The minimum absolute atomic E-state index is 0.0762. The van der Waals surface area contributed by atoms with Crippen LogP contribution in [-0.4, -0.2) is 17.4 Å². The SMILES string of the molecule is CCC(C)CSCCCC(=O)Nc1c(Cl)cc(N)cc1Cl. The van der Waals surface area contributed by atoms with Crippen molar-refractivity contribution in [1.82, 2.24) is 0 Å². The summed E-state index contributed by atoms with van der Waals surface area (Å²) in [6.07, 6.45) is 2.50. The molecule has 0 saturated carbocycles. The van der Waals surface area contributed by atoms with Crippen LogP contribution in [0.4, 0.5) is 11.4 Å². The second-order valence-corrected chi connectivity index (χ2v) is 7.06. The van der Waals surface area contributed by atoms with Crippen LogP contribution < -0.4 is 11.1 Å². The van der Waals surface area contributed by atoms with Gasteiger partial charge in [0.15, 0.2) is 0 Å². The molecule has 0 fully saturated rings. The zero-order valence-electron chi connectivity index (χ0n) is 12.4. The maximum Gasteiger partial charge on any atom is 0.224 e. The molecule has 0 bridgehead atoms. The molecule has 3 N–H and O–H groups in total. The van der Waals surface area contributed by atoms with E-state index >= 15 is 0 Å². The van der Waals surface area contributed by atoms with E-state index in [1.807, 2.05) is 11.8 Å². The fraction of sp³-hybridized carbons (Fsp3) is 0.533. The summed E-state index contributed by atoms with van der Waals surface area (Å²) in [7, 11) is 0. The van der Waals surface area contributed by atoms with Crippen molar-refractivity contribution >= 4 is 52.2 Å². The van der Waals surface area contributed by atoms with E-state index in [-0.39, 0.29) is 5.91 Å². The zero-order chi connectivity index (χ0) is 15.8. The second kappa shape index (κ2) is 9.44. The molecule has 0 aromatic heterocycles. The molecule has 1 atom stereocenters. The first-order valence-corrected chi connectivity index (χ1v) is 8.97. The summed E-state index contributed by atoms with van der Waals surface area (Å²) in [5.74, 6) is 2.79. The van der Waals surface area contributed by atoms with Crippen LogP contribution in [0.3, 0.4) is 0 Å². The molecule has 0 radical (unpaired) electrons. The Kier molecular flexibility index (Phi) is 8.30. The van der Waals surface area contributed by atoms with Crippen LogP contribution in [0.15, 0.2) is 12.1 Å². The molecule has 1 aromatic carbocycles. The number of benzene rings is 1. The molecule has 1 unspecified atom stereocenters. The first kappa shape index (κ1) is 18.5. The van der Waals surface area contributed by atoms with E-state index in [2.05, 4.69) is 19.2 Å². The lowest BCUT2D eigenvalue weighted by molar-refractivity contribution is -0.116. The van der Waals surface area contributed by atoms with Gasteiger partial charge in [-0.2, -0.15) is 11.8 Å². The lowest BCUT2D eigenvalue weighted by atomic mass is 10.2. The Hall–Kier alpha value is -0.580. The number of nitrogens with one attached hydrogen (secondary N) is 1. The first-order valence-electron chi connectivity index (χ1n) is 7.06. The summed E-state index contributed by atoms with van der Waals surface area (Å²) in [6, 6.07) is 3.15. The van der Waals surface area contributed by atoms with Gasteiger partial charge in [-0.05, 0) is 36.0 Å². The lowest BCUT2D eigenvalue weighted by Gasteiger charge is -2.10. The van der Waals surface area contributed by atoms with Gasteiger partial charge < -0.3 is 11.1 Å². The van der Waals surface area contributed by atoms with Crippen LogP contribution >= 0.6 is 35.0 Å². The van der Waals surface area contributed by atoms with Crippen molar-refractivity contribution in [1.29, 1.82) is 0 Å². The molecule has 0 aliphatic rings. The molecule has 0 heterocycles. The number of nitrogens with two attached hydrogens (primary N) is 1. The number of anilines is 2. The van der Waals surface area contributed by atoms with E-state index in [9.17, 15) is 4.79 Å². The molecule has 1 aromatic rings. The molecule has 21 heavy (non-hydrogen) atoms. The third-order valence-electron chi connectivity index (χ3n) is 3.12. The van der Waals surface area contributed by atoms with Gasteiger partial charge in [0.05, 0.1) is 15.7 Å². The highest BCUT2D eigenvalue weighted by Crippen LogP contribution is 2.32. The predicted octanol–water partition coefficient (Wildman–Crippen LogP) is 5.07. The smallest absolute Gasteiger partial charge is 0.224 e. The normalized spacial score (nSPS) is 12.2. The van der Waals surface area contributed by atoms with E-state index < -0.39 is 0 Å². The summed E-state index contributed by atoms with van der Waals surface area (Å²) in [5, 5.41) is 3.47. The van der Waals surface area contributed by atoms with Gasteiger partial charge >= 0.3 is 0 Å². The van der Waals surface area contributed by atoms with E-state index in [0.717, 1.165) is 23.8 Å². The monoisotopic (exact) mass is 348 g/mol. The Morgan fingerprint density at radius 3 is 2.57 bits per heavy atom. The summed E-state index contributed by atoms with van der Waals surface area (Å²) in [4.78, 5) is 11.9. The van der Waals surface area contributed by atoms with Gasteiger partial charge in [0.25, 0.3) is 0 Å². The number of rotatable bonds is 8. The van der Waals surface area contributed by atoms with Crippen LogP contribution in [0.25, 0.3) is 0 Å². The minimum Gasteiger partial charge on any atom is -0.399 e. The Labute approximate surface area is 140 Å². The van der Waals surface area contributed by atoms with E-state index in [1.165, 1.54) is 6.42 Å². The molecule has 118 valence electrons. The van der Waals surface area contributed by atoms with Crippen LogP contribution in [0, 0.1) is 5.92 Å². The maximum atomic E-state index is 11.9. The number of halogens is 2. The van der Waals surface area contributed by atoms with Gasteiger partial charge in [-0.1, -0.05) is 43.5 Å². The van der Waals surface area contributed by atoms with Crippen LogP contribution in [-0.2, 0) is 4.79 Å². The molecule has 0 aliphatic heterocycles. The van der Waals surface area contributed by atoms with Crippen LogP contribution in [0.5, 0.6) is 0 Å². The average molecular weight is 349 g/mol. The van der Waals surface area contributed by atoms with Gasteiger partial charge in [-0.15, -0.1) is 0 Å². The van der Waals surface area contributed by atoms with Crippen molar-refractivity contribution in [2.24, 2.45) is 5.92 Å². The first-order chi connectivity index (χ1) is 9.93. The minimum atomic E-state index is -0.0762. The van der Waals surface area contributed by atoms with Gasteiger partial charge in [-0.3, -0.25) is 4.79 Å². The molecular formula is C15H22Cl2N2OS. The Balaban J connectivity index is 2.35. The van der Waals surface area contributed by atoms with Crippen molar-refractivity contribution in [3.8, 4) is 0 Å². The molecule has 0 saturated heterocycles. The lowest BCUT2D eigenvalue weighted by Crippen LogP contribution is -2.12. The van der Waals surface area contributed by atoms with Crippen molar-refractivity contribution in [3.63, 3.8) is 0 Å². The van der Waals surface area contributed by atoms with E-state index in [4.69, 9.17) is 28.9 Å². The fourth-order valence-electron chi connectivity index (χ4n) is 1.65. The zero-order valence-corrected chi connectivity index (χ0v) is 14.7. The molecule has 6 heteroatoms. The van der Waals surface area contributed by atoms with Crippen molar-refractivity contribution in [2.45, 2.75) is 33.1 Å². The van der Waals surface area contributed by atoms with Gasteiger partial charge in [-0.25, -0.2) is 0 Å². The summed E-state index contributed by atoms with van der Waals surface area (Å²) in [6.45, 7) is 4.43. The molecule has 1 rings (SSSR count). The number of hydrogen-bond donors (Lipinski definition) is 2.